The Bertz CT molecular complexity index is 241. The number of ketones is 2. The van der Waals surface area contributed by atoms with Crippen LogP contribution in [0.5, 0.6) is 0 Å². The Balaban J connectivity index is 2.50. The first kappa shape index (κ1) is 7.96. The third-order valence-corrected chi connectivity index (χ3v) is 4.15. The standard InChI is InChI=1S/C10H14O2/c1-9-5-3-8(12)10(9,2)6-4-7(9)11/h3-6H2,1-2H3. The maximum Gasteiger partial charge on any atom is 0.139 e. The first-order chi connectivity index (χ1) is 5.51. The van der Waals surface area contributed by atoms with Crippen molar-refractivity contribution in [2.45, 2.75) is 39.5 Å². The van der Waals surface area contributed by atoms with E-state index in [2.05, 4.69) is 0 Å². The zero-order valence-corrected chi connectivity index (χ0v) is 7.64. The van der Waals surface area contributed by atoms with Gasteiger partial charge in [-0.1, -0.05) is 13.8 Å². The molecule has 2 fully saturated rings. The molecule has 2 aliphatic carbocycles. The molecule has 2 unspecified atom stereocenters. The van der Waals surface area contributed by atoms with Crippen LogP contribution in [0.25, 0.3) is 0 Å². The molecule has 0 heterocycles. The third-order valence-electron chi connectivity index (χ3n) is 4.15. The molecule has 0 spiro atoms. The fourth-order valence-corrected chi connectivity index (χ4v) is 2.72. The van der Waals surface area contributed by atoms with E-state index in [0.29, 0.717) is 24.4 Å². The van der Waals surface area contributed by atoms with Crippen molar-refractivity contribution < 1.29 is 9.59 Å². The monoisotopic (exact) mass is 166 g/mol. The maximum absolute atomic E-state index is 11.6. The lowest BCUT2D eigenvalue weighted by atomic mass is 9.70. The van der Waals surface area contributed by atoms with Crippen LogP contribution in [0.2, 0.25) is 0 Å². The number of hydrogen-bond donors (Lipinski definition) is 0. The Kier molecular flexibility index (Phi) is 1.31. The molecule has 0 bridgehead atoms. The molecule has 2 heteroatoms. The summed E-state index contributed by atoms with van der Waals surface area (Å²) in [4.78, 5) is 23.2. The topological polar surface area (TPSA) is 34.1 Å². The minimum Gasteiger partial charge on any atom is -0.299 e. The maximum atomic E-state index is 11.6. The summed E-state index contributed by atoms with van der Waals surface area (Å²) in [6.45, 7) is 3.93. The van der Waals surface area contributed by atoms with Crippen molar-refractivity contribution in [1.82, 2.24) is 0 Å². The molecule has 2 rings (SSSR count). The molecule has 0 amide bonds. The van der Waals surface area contributed by atoms with Gasteiger partial charge < -0.3 is 0 Å². The minimum absolute atomic E-state index is 0.302. The van der Waals surface area contributed by atoms with Gasteiger partial charge in [-0.2, -0.15) is 0 Å². The van der Waals surface area contributed by atoms with E-state index in [1.165, 1.54) is 0 Å². The first-order valence-corrected chi connectivity index (χ1v) is 4.57. The fourth-order valence-electron chi connectivity index (χ4n) is 2.72. The fraction of sp³-hybridized carbons (Fsp3) is 0.800. The van der Waals surface area contributed by atoms with E-state index >= 15 is 0 Å². The summed E-state index contributed by atoms with van der Waals surface area (Å²) in [6.07, 6.45) is 2.78. The predicted molar refractivity (Wildman–Crippen MR) is 44.7 cm³/mol. The average Bonchev–Trinajstić information content (AvgIpc) is 2.39. The third kappa shape index (κ3) is 0.621. The molecule has 66 valence electrons. The number of carbonyl (C=O) groups is 2. The molecular weight excluding hydrogens is 152 g/mol. The average molecular weight is 166 g/mol. The van der Waals surface area contributed by atoms with E-state index in [4.69, 9.17) is 0 Å². The molecule has 0 aromatic carbocycles. The minimum atomic E-state index is -0.315. The molecule has 12 heavy (non-hydrogen) atoms. The molecule has 2 aliphatic rings. The molecule has 2 saturated carbocycles. The van der Waals surface area contributed by atoms with Gasteiger partial charge in [0.15, 0.2) is 0 Å². The first-order valence-electron chi connectivity index (χ1n) is 4.57. The quantitative estimate of drug-likeness (QED) is 0.549. The summed E-state index contributed by atoms with van der Waals surface area (Å²) < 4.78 is 0. The van der Waals surface area contributed by atoms with Gasteiger partial charge in [0.2, 0.25) is 0 Å². The van der Waals surface area contributed by atoms with E-state index in [1.54, 1.807) is 0 Å². The van der Waals surface area contributed by atoms with Crippen molar-refractivity contribution >= 4 is 11.6 Å². The van der Waals surface area contributed by atoms with E-state index in [0.717, 1.165) is 12.8 Å². The van der Waals surface area contributed by atoms with Crippen LogP contribution in [0.1, 0.15) is 39.5 Å². The molecule has 0 aliphatic heterocycles. The van der Waals surface area contributed by atoms with Crippen LogP contribution in [-0.2, 0) is 9.59 Å². The Morgan fingerprint density at radius 2 is 1.25 bits per heavy atom. The van der Waals surface area contributed by atoms with Crippen LogP contribution >= 0.6 is 0 Å². The van der Waals surface area contributed by atoms with Crippen LogP contribution < -0.4 is 0 Å². The highest BCUT2D eigenvalue weighted by molar-refractivity contribution is 6.01. The van der Waals surface area contributed by atoms with Gasteiger partial charge >= 0.3 is 0 Å². The van der Waals surface area contributed by atoms with E-state index in [-0.39, 0.29) is 10.8 Å². The van der Waals surface area contributed by atoms with E-state index < -0.39 is 0 Å². The number of carbonyl (C=O) groups excluding carboxylic acids is 2. The van der Waals surface area contributed by atoms with Crippen LogP contribution in [0, 0.1) is 10.8 Å². The van der Waals surface area contributed by atoms with Crippen LogP contribution in [0.4, 0.5) is 0 Å². The van der Waals surface area contributed by atoms with Gasteiger partial charge in [0.1, 0.15) is 11.6 Å². The van der Waals surface area contributed by atoms with Gasteiger partial charge in [0, 0.05) is 23.7 Å². The van der Waals surface area contributed by atoms with Gasteiger partial charge in [-0.3, -0.25) is 9.59 Å². The van der Waals surface area contributed by atoms with Crippen molar-refractivity contribution in [1.29, 1.82) is 0 Å². The number of hydrogen-bond acceptors (Lipinski definition) is 2. The Morgan fingerprint density at radius 3 is 1.58 bits per heavy atom. The van der Waals surface area contributed by atoms with Gasteiger partial charge in [-0.15, -0.1) is 0 Å². The summed E-state index contributed by atoms with van der Waals surface area (Å²) in [7, 11) is 0. The largest absolute Gasteiger partial charge is 0.299 e. The highest BCUT2D eigenvalue weighted by Crippen LogP contribution is 2.58. The van der Waals surface area contributed by atoms with Crippen LogP contribution in [0.15, 0.2) is 0 Å². The summed E-state index contributed by atoms with van der Waals surface area (Å²) in [6, 6.07) is 0. The van der Waals surface area contributed by atoms with Gasteiger partial charge in [0.05, 0.1) is 0 Å². The van der Waals surface area contributed by atoms with Gasteiger partial charge in [-0.05, 0) is 12.8 Å². The van der Waals surface area contributed by atoms with Crippen molar-refractivity contribution in [3.63, 3.8) is 0 Å². The SMILES string of the molecule is CC12CCC(=O)C1(C)CCC2=O. The summed E-state index contributed by atoms with van der Waals surface area (Å²) in [5.41, 5.74) is -0.631. The van der Waals surface area contributed by atoms with Gasteiger partial charge in [-0.25, -0.2) is 0 Å². The number of rotatable bonds is 0. The van der Waals surface area contributed by atoms with Crippen molar-refractivity contribution in [2.24, 2.45) is 10.8 Å². The molecule has 0 N–H and O–H groups in total. The van der Waals surface area contributed by atoms with E-state index in [9.17, 15) is 9.59 Å². The number of Topliss-reactive ketones (excluding diaryl/α,β-unsaturated/α-hetero) is 2. The highest BCUT2D eigenvalue weighted by atomic mass is 16.1. The predicted octanol–water partition coefficient (Wildman–Crippen LogP) is 1.72. The second-order valence-corrected chi connectivity index (χ2v) is 4.51. The van der Waals surface area contributed by atoms with Crippen molar-refractivity contribution in [2.75, 3.05) is 0 Å². The smallest absolute Gasteiger partial charge is 0.139 e. The molecule has 2 nitrogen and oxygen atoms in total. The van der Waals surface area contributed by atoms with Crippen molar-refractivity contribution in [3.05, 3.63) is 0 Å². The van der Waals surface area contributed by atoms with Crippen LogP contribution in [0.3, 0.4) is 0 Å². The normalized spacial score (nSPS) is 46.8. The molecule has 0 aromatic rings. The zero-order chi connectivity index (χ0) is 8.98. The zero-order valence-electron chi connectivity index (χ0n) is 7.64. The summed E-state index contributed by atoms with van der Waals surface area (Å²) in [5.74, 6) is 0.603. The van der Waals surface area contributed by atoms with E-state index in [1.807, 2.05) is 13.8 Å². The lowest BCUT2D eigenvalue weighted by molar-refractivity contribution is -0.133. The van der Waals surface area contributed by atoms with Crippen molar-refractivity contribution in [3.8, 4) is 0 Å². The lowest BCUT2D eigenvalue weighted by Gasteiger charge is -2.30. The summed E-state index contributed by atoms with van der Waals surface area (Å²) >= 11 is 0. The Hall–Kier alpha value is -0.660. The molecule has 0 aromatic heterocycles. The highest BCUT2D eigenvalue weighted by Gasteiger charge is 2.61. The second-order valence-electron chi connectivity index (χ2n) is 4.51. The molecule has 2 atom stereocenters. The Labute approximate surface area is 72.3 Å². The molecular formula is C10H14O2. The van der Waals surface area contributed by atoms with Crippen LogP contribution in [-0.4, -0.2) is 11.6 Å². The summed E-state index contributed by atoms with van der Waals surface area (Å²) in [5, 5.41) is 0. The Morgan fingerprint density at radius 1 is 0.917 bits per heavy atom. The second kappa shape index (κ2) is 1.98. The molecule has 0 radical (unpaired) electrons. The molecule has 0 saturated heterocycles. The van der Waals surface area contributed by atoms with Gasteiger partial charge in [0.25, 0.3) is 0 Å². The lowest BCUT2D eigenvalue weighted by Crippen LogP contribution is -2.35. The number of fused-ring (bicyclic) bond motifs is 1.